The van der Waals surface area contributed by atoms with E-state index < -0.39 is 17.9 Å². The van der Waals surface area contributed by atoms with Crippen LogP contribution in [-0.4, -0.2) is 78.4 Å². The molecule has 2 aliphatic heterocycles. The number of halogens is 3. The molecule has 0 radical (unpaired) electrons. The number of hydrogen-bond acceptors (Lipinski definition) is 8. The molecule has 1 aliphatic carbocycles. The molecular formula is C31H35ClF2N4O5. The Balaban J connectivity index is 0.000000868. The normalized spacial score (nSPS) is 19.1. The number of aromatic nitrogens is 2. The summed E-state index contributed by atoms with van der Waals surface area (Å²) in [5.41, 5.74) is 1.63. The zero-order valence-corrected chi connectivity index (χ0v) is 24.8. The Morgan fingerprint density at radius 2 is 1.88 bits per heavy atom. The second-order valence-electron chi connectivity index (χ2n) is 11.1. The SMILES string of the molecule is COC=O.O=C(c1cc(C2CC2)c(OCC2CCN(Cc3noc(-c4ccccc4Cl)n3)CC2)cc1F)N1CCC(F)C1. The average Bonchev–Trinajstić information content (AvgIpc) is 3.60. The van der Waals surface area contributed by atoms with Crippen LogP contribution in [0.5, 0.6) is 5.75 Å². The second kappa shape index (κ2) is 14.3. The van der Waals surface area contributed by atoms with Crippen molar-refractivity contribution in [1.29, 1.82) is 0 Å². The van der Waals surface area contributed by atoms with Crippen LogP contribution < -0.4 is 4.74 Å². The van der Waals surface area contributed by atoms with Gasteiger partial charge in [0.05, 0.1) is 43.0 Å². The summed E-state index contributed by atoms with van der Waals surface area (Å²) >= 11 is 6.24. The van der Waals surface area contributed by atoms with Crippen LogP contribution in [0.25, 0.3) is 11.5 Å². The van der Waals surface area contributed by atoms with Gasteiger partial charge in [-0.1, -0.05) is 28.9 Å². The molecule has 1 amide bonds. The standard InChI is InChI=1S/C29H31ClF2N4O3.C2H4O2/c30-24-4-2-1-3-21(24)28-33-27(34-39-28)16-35-10-7-18(8-11-35)17-38-26-14-25(32)23(13-22(26)19-5-6-19)29(37)36-12-9-20(31)15-36;1-4-2-3/h1-4,13-14,18-20H,5-12,15-17H2;2H,1H3. The lowest BCUT2D eigenvalue weighted by Gasteiger charge is -2.31. The fourth-order valence-electron chi connectivity index (χ4n) is 5.43. The van der Waals surface area contributed by atoms with Gasteiger partial charge in [-0.05, 0) is 80.8 Å². The minimum Gasteiger partial charge on any atom is -0.493 e. The molecule has 1 atom stereocenters. The predicted octanol–water partition coefficient (Wildman–Crippen LogP) is 5.67. The highest BCUT2D eigenvalue weighted by molar-refractivity contribution is 6.33. The van der Waals surface area contributed by atoms with Crippen LogP contribution >= 0.6 is 11.6 Å². The van der Waals surface area contributed by atoms with Crippen molar-refractivity contribution < 1.29 is 32.4 Å². The summed E-state index contributed by atoms with van der Waals surface area (Å²) in [6.45, 7) is 3.55. The quantitative estimate of drug-likeness (QED) is 0.284. The number of likely N-dealkylation sites (tertiary alicyclic amines) is 2. The molecule has 1 aromatic heterocycles. The number of ether oxygens (including phenoxy) is 2. The van der Waals surface area contributed by atoms with Gasteiger partial charge in [-0.2, -0.15) is 4.98 Å². The molecule has 6 rings (SSSR count). The third-order valence-corrected chi connectivity index (χ3v) is 8.31. The van der Waals surface area contributed by atoms with Crippen molar-refractivity contribution in [2.45, 2.75) is 50.7 Å². The second-order valence-corrected chi connectivity index (χ2v) is 11.5. The minimum absolute atomic E-state index is 0.0193. The van der Waals surface area contributed by atoms with Crippen molar-refractivity contribution in [1.82, 2.24) is 19.9 Å². The van der Waals surface area contributed by atoms with E-state index in [0.717, 1.165) is 49.9 Å². The van der Waals surface area contributed by atoms with E-state index in [1.807, 2.05) is 18.2 Å². The maximum Gasteiger partial charge on any atom is 0.292 e. The maximum absolute atomic E-state index is 15.0. The minimum atomic E-state index is -1.04. The smallest absolute Gasteiger partial charge is 0.292 e. The molecular weight excluding hydrogens is 582 g/mol. The number of nitrogens with zero attached hydrogens (tertiary/aromatic N) is 4. The van der Waals surface area contributed by atoms with Gasteiger partial charge in [0.1, 0.15) is 17.7 Å². The van der Waals surface area contributed by atoms with E-state index in [1.165, 1.54) is 18.1 Å². The lowest BCUT2D eigenvalue weighted by atomic mass is 9.97. The molecule has 3 aromatic rings. The van der Waals surface area contributed by atoms with Crippen LogP contribution in [0.4, 0.5) is 8.78 Å². The summed E-state index contributed by atoms with van der Waals surface area (Å²) in [7, 11) is 1.31. The molecule has 2 saturated heterocycles. The Hall–Kier alpha value is -3.57. The van der Waals surface area contributed by atoms with Crippen LogP contribution in [-0.2, 0) is 16.1 Å². The Bertz CT molecular complexity index is 1410. The fourth-order valence-corrected chi connectivity index (χ4v) is 5.64. The molecule has 1 unspecified atom stereocenters. The Labute approximate surface area is 254 Å². The maximum atomic E-state index is 15.0. The highest BCUT2D eigenvalue weighted by atomic mass is 35.5. The van der Waals surface area contributed by atoms with Gasteiger partial charge in [-0.25, -0.2) is 8.78 Å². The van der Waals surface area contributed by atoms with Crippen LogP contribution in [0.1, 0.15) is 59.8 Å². The summed E-state index contributed by atoms with van der Waals surface area (Å²) in [5, 5.41) is 4.69. The highest BCUT2D eigenvalue weighted by Crippen LogP contribution is 2.45. The molecule has 1 saturated carbocycles. The molecule has 0 spiro atoms. The molecule has 3 fully saturated rings. The Morgan fingerprint density at radius 3 is 2.53 bits per heavy atom. The molecule has 230 valence electrons. The van der Waals surface area contributed by atoms with Crippen molar-refractivity contribution in [2.75, 3.05) is 39.9 Å². The number of carbonyl (C=O) groups is 2. The first-order chi connectivity index (χ1) is 20.9. The number of benzene rings is 2. The number of alkyl halides is 1. The summed E-state index contributed by atoms with van der Waals surface area (Å²) in [6, 6.07) is 10.4. The molecule has 43 heavy (non-hydrogen) atoms. The number of amides is 1. The summed E-state index contributed by atoms with van der Waals surface area (Å²) in [4.78, 5) is 30.0. The van der Waals surface area contributed by atoms with Gasteiger partial charge in [0, 0.05) is 12.6 Å². The number of carbonyl (C=O) groups excluding carboxylic acids is 2. The van der Waals surface area contributed by atoms with Crippen molar-refractivity contribution in [3.05, 3.63) is 64.2 Å². The van der Waals surface area contributed by atoms with E-state index in [4.69, 9.17) is 25.7 Å². The van der Waals surface area contributed by atoms with Gasteiger partial charge in [-0.15, -0.1) is 0 Å². The Kier molecular flexibility index (Phi) is 10.2. The lowest BCUT2D eigenvalue weighted by Crippen LogP contribution is -2.35. The van der Waals surface area contributed by atoms with Gasteiger partial charge in [-0.3, -0.25) is 14.5 Å². The fraction of sp³-hybridized carbons (Fsp3) is 0.484. The third-order valence-electron chi connectivity index (χ3n) is 7.98. The van der Waals surface area contributed by atoms with E-state index in [9.17, 15) is 9.18 Å². The lowest BCUT2D eigenvalue weighted by molar-refractivity contribution is -0.126. The molecule has 0 N–H and O–H groups in total. The predicted molar refractivity (Wildman–Crippen MR) is 155 cm³/mol. The number of methoxy groups -OCH3 is 1. The summed E-state index contributed by atoms with van der Waals surface area (Å²) in [5.74, 6) is 1.14. The van der Waals surface area contributed by atoms with Gasteiger partial charge in [0.25, 0.3) is 18.3 Å². The van der Waals surface area contributed by atoms with E-state index >= 15 is 4.39 Å². The number of piperidine rings is 1. The topological polar surface area (TPSA) is 98.0 Å². The first-order valence-corrected chi connectivity index (χ1v) is 14.9. The zero-order valence-electron chi connectivity index (χ0n) is 24.0. The monoisotopic (exact) mass is 616 g/mol. The Morgan fingerprint density at radius 1 is 1.14 bits per heavy atom. The highest BCUT2D eigenvalue weighted by Gasteiger charge is 2.33. The van der Waals surface area contributed by atoms with Crippen molar-refractivity contribution >= 4 is 24.0 Å². The van der Waals surface area contributed by atoms with Crippen molar-refractivity contribution in [3.8, 4) is 17.2 Å². The molecule has 2 aromatic carbocycles. The third kappa shape index (κ3) is 7.88. The number of hydrogen-bond donors (Lipinski definition) is 0. The van der Waals surface area contributed by atoms with E-state index in [1.54, 1.807) is 12.1 Å². The van der Waals surface area contributed by atoms with Crippen LogP contribution in [0, 0.1) is 11.7 Å². The average molecular weight is 617 g/mol. The van der Waals surface area contributed by atoms with E-state index in [2.05, 4.69) is 19.8 Å². The summed E-state index contributed by atoms with van der Waals surface area (Å²) < 4.78 is 44.1. The molecule has 9 nitrogen and oxygen atoms in total. The largest absolute Gasteiger partial charge is 0.493 e. The summed E-state index contributed by atoms with van der Waals surface area (Å²) in [6.07, 6.45) is 3.14. The molecule has 12 heteroatoms. The van der Waals surface area contributed by atoms with Crippen LogP contribution in [0.15, 0.2) is 40.9 Å². The molecule has 3 aliphatic rings. The zero-order chi connectivity index (χ0) is 30.3. The van der Waals surface area contributed by atoms with Crippen LogP contribution in [0.2, 0.25) is 5.02 Å². The first kappa shape index (κ1) is 30.9. The van der Waals surface area contributed by atoms with E-state index in [-0.39, 0.29) is 18.0 Å². The van der Waals surface area contributed by atoms with Crippen molar-refractivity contribution in [3.63, 3.8) is 0 Å². The van der Waals surface area contributed by atoms with Crippen molar-refractivity contribution in [2.24, 2.45) is 5.92 Å². The van der Waals surface area contributed by atoms with Gasteiger partial charge < -0.3 is 18.9 Å². The van der Waals surface area contributed by atoms with Gasteiger partial charge in [0.2, 0.25) is 0 Å². The molecule has 3 heterocycles. The van der Waals surface area contributed by atoms with Gasteiger partial charge >= 0.3 is 0 Å². The van der Waals surface area contributed by atoms with E-state index in [0.29, 0.717) is 61.0 Å². The molecule has 0 bridgehead atoms. The van der Waals surface area contributed by atoms with Gasteiger partial charge in [0.15, 0.2) is 5.82 Å². The first-order valence-electron chi connectivity index (χ1n) is 14.5. The van der Waals surface area contributed by atoms with Crippen LogP contribution in [0.3, 0.4) is 0 Å². The number of rotatable bonds is 9.